The molecule has 144 valence electrons. The van der Waals surface area contributed by atoms with E-state index in [1.165, 1.54) is 19.2 Å². The van der Waals surface area contributed by atoms with Crippen LogP contribution in [0.5, 0.6) is 5.75 Å². The molecule has 1 heterocycles. The highest BCUT2D eigenvalue weighted by molar-refractivity contribution is 6.42. The molecule has 1 fully saturated rings. The minimum Gasteiger partial charge on any atom is -0.496 e. The van der Waals surface area contributed by atoms with E-state index >= 15 is 0 Å². The molecule has 1 aliphatic heterocycles. The second-order valence-electron chi connectivity index (χ2n) is 6.60. The summed E-state index contributed by atoms with van der Waals surface area (Å²) in [6.07, 6.45) is 1.34. The lowest BCUT2D eigenvalue weighted by molar-refractivity contribution is -0.143. The van der Waals surface area contributed by atoms with E-state index in [4.69, 9.17) is 27.9 Å². The Kier molecular flexibility index (Phi) is 6.25. The third kappa shape index (κ3) is 4.21. The van der Waals surface area contributed by atoms with Crippen LogP contribution in [0, 0.1) is 11.7 Å². The number of carboxylic acid groups (broad SMARTS) is 1. The van der Waals surface area contributed by atoms with Crippen LogP contribution < -0.4 is 4.74 Å². The van der Waals surface area contributed by atoms with Crippen molar-refractivity contribution in [1.82, 2.24) is 4.90 Å². The molecular formula is C20H20Cl2FNO3. The molecule has 0 spiro atoms. The van der Waals surface area contributed by atoms with Gasteiger partial charge in [0.1, 0.15) is 11.6 Å². The number of hydrogen-bond donors (Lipinski definition) is 1. The van der Waals surface area contributed by atoms with Crippen molar-refractivity contribution < 1.29 is 19.0 Å². The molecule has 2 atom stereocenters. The molecule has 27 heavy (non-hydrogen) atoms. The summed E-state index contributed by atoms with van der Waals surface area (Å²) >= 11 is 12.7. The first-order valence-electron chi connectivity index (χ1n) is 8.66. The Morgan fingerprint density at radius 2 is 2.07 bits per heavy atom. The van der Waals surface area contributed by atoms with Crippen LogP contribution in [0.25, 0.3) is 0 Å². The van der Waals surface area contributed by atoms with Gasteiger partial charge in [-0.3, -0.25) is 9.69 Å². The lowest BCUT2D eigenvalue weighted by atomic mass is 9.91. The molecule has 4 nitrogen and oxygen atoms in total. The predicted octanol–water partition coefficient (Wildman–Crippen LogP) is 5.03. The second-order valence-corrected chi connectivity index (χ2v) is 7.39. The average molecular weight is 412 g/mol. The number of hydrogen-bond acceptors (Lipinski definition) is 3. The summed E-state index contributed by atoms with van der Waals surface area (Å²) in [4.78, 5) is 13.5. The number of piperidine rings is 1. The lowest BCUT2D eigenvalue weighted by Crippen LogP contribution is -2.41. The van der Waals surface area contributed by atoms with Crippen LogP contribution in [-0.4, -0.2) is 36.2 Å². The van der Waals surface area contributed by atoms with Gasteiger partial charge in [-0.1, -0.05) is 35.3 Å². The fraction of sp³-hybridized carbons (Fsp3) is 0.350. The van der Waals surface area contributed by atoms with Gasteiger partial charge < -0.3 is 9.84 Å². The van der Waals surface area contributed by atoms with Gasteiger partial charge in [0.25, 0.3) is 0 Å². The van der Waals surface area contributed by atoms with Crippen molar-refractivity contribution in [1.29, 1.82) is 0 Å². The quantitative estimate of drug-likeness (QED) is 0.749. The number of benzene rings is 2. The Bertz CT molecular complexity index is 846. The highest BCUT2D eigenvalue weighted by Crippen LogP contribution is 2.41. The summed E-state index contributed by atoms with van der Waals surface area (Å²) in [7, 11) is 1.52. The number of carbonyl (C=O) groups is 1. The first-order valence-corrected chi connectivity index (χ1v) is 9.42. The molecule has 7 heteroatoms. The van der Waals surface area contributed by atoms with E-state index in [9.17, 15) is 14.3 Å². The maximum Gasteiger partial charge on any atom is 0.307 e. The largest absolute Gasteiger partial charge is 0.496 e. The van der Waals surface area contributed by atoms with E-state index in [-0.39, 0.29) is 0 Å². The van der Waals surface area contributed by atoms with Crippen LogP contribution in [0.15, 0.2) is 36.4 Å². The first kappa shape index (κ1) is 19.9. The van der Waals surface area contributed by atoms with Gasteiger partial charge in [-0.15, -0.1) is 0 Å². The average Bonchev–Trinajstić information content (AvgIpc) is 2.66. The maximum absolute atomic E-state index is 14.1. The van der Waals surface area contributed by atoms with E-state index in [1.54, 1.807) is 18.2 Å². The van der Waals surface area contributed by atoms with Crippen LogP contribution >= 0.6 is 23.2 Å². The van der Waals surface area contributed by atoms with Crippen molar-refractivity contribution in [2.24, 2.45) is 5.92 Å². The van der Waals surface area contributed by atoms with Crippen LogP contribution in [0.4, 0.5) is 4.39 Å². The van der Waals surface area contributed by atoms with E-state index in [0.29, 0.717) is 46.4 Å². The molecule has 0 unspecified atom stereocenters. The topological polar surface area (TPSA) is 49.8 Å². The number of halogens is 3. The summed E-state index contributed by atoms with van der Waals surface area (Å²) in [5.41, 5.74) is 1.28. The van der Waals surface area contributed by atoms with Crippen LogP contribution in [0.2, 0.25) is 10.0 Å². The zero-order valence-corrected chi connectivity index (χ0v) is 16.3. The van der Waals surface area contributed by atoms with Gasteiger partial charge in [-0.25, -0.2) is 4.39 Å². The van der Waals surface area contributed by atoms with Crippen molar-refractivity contribution in [3.8, 4) is 5.75 Å². The van der Waals surface area contributed by atoms with E-state index < -0.39 is 23.7 Å². The number of rotatable bonds is 5. The van der Waals surface area contributed by atoms with Crippen LogP contribution in [-0.2, 0) is 4.79 Å². The Morgan fingerprint density at radius 1 is 1.30 bits per heavy atom. The molecule has 0 amide bonds. The van der Waals surface area contributed by atoms with Crippen molar-refractivity contribution in [3.05, 3.63) is 63.4 Å². The Hall–Kier alpha value is -1.82. The third-order valence-corrected chi connectivity index (χ3v) is 5.76. The summed E-state index contributed by atoms with van der Waals surface area (Å²) in [6, 6.07) is 9.12. The third-order valence-electron chi connectivity index (χ3n) is 4.93. The Balaban J connectivity index is 2.14. The van der Waals surface area contributed by atoms with Crippen molar-refractivity contribution in [2.45, 2.75) is 18.9 Å². The summed E-state index contributed by atoms with van der Waals surface area (Å²) in [5, 5.41) is 10.2. The maximum atomic E-state index is 14.1. The van der Waals surface area contributed by atoms with Crippen molar-refractivity contribution in [2.75, 3.05) is 20.2 Å². The number of likely N-dealkylation sites (tertiary alicyclic amines) is 1. The number of ether oxygens (including phenoxy) is 1. The molecule has 0 radical (unpaired) electrons. The standard InChI is InChI=1S/C20H20Cl2FNO3/c1-27-17-8-7-13(23)10-15(17)19(14-5-2-6-16(21)18(14)22)24-9-3-4-12(11-24)20(25)26/h2,5-8,10,12,19H,3-4,9,11H2,1H3,(H,25,26)/t12-,19+/m0/s1. The molecule has 2 aromatic rings. The Labute approximate surface area is 167 Å². The zero-order valence-electron chi connectivity index (χ0n) is 14.8. The lowest BCUT2D eigenvalue weighted by Gasteiger charge is -2.38. The van der Waals surface area contributed by atoms with Crippen LogP contribution in [0.1, 0.15) is 30.0 Å². The minimum absolute atomic E-state index is 0.336. The van der Waals surface area contributed by atoms with Gasteiger partial charge in [-0.05, 0) is 49.2 Å². The zero-order chi connectivity index (χ0) is 19.6. The molecule has 0 aliphatic carbocycles. The molecule has 0 aromatic heterocycles. The monoisotopic (exact) mass is 411 g/mol. The number of carboxylic acids is 1. The summed E-state index contributed by atoms with van der Waals surface area (Å²) in [6.45, 7) is 0.999. The molecule has 1 saturated heterocycles. The molecular weight excluding hydrogens is 392 g/mol. The molecule has 1 N–H and O–H groups in total. The second kappa shape index (κ2) is 8.46. The molecule has 1 aliphatic rings. The number of nitrogens with zero attached hydrogens (tertiary/aromatic N) is 1. The minimum atomic E-state index is -0.832. The van der Waals surface area contributed by atoms with Gasteiger partial charge in [0.15, 0.2) is 0 Å². The van der Waals surface area contributed by atoms with Gasteiger partial charge >= 0.3 is 5.97 Å². The Morgan fingerprint density at radius 3 is 2.78 bits per heavy atom. The normalized spacial score (nSPS) is 18.9. The van der Waals surface area contributed by atoms with Gasteiger partial charge in [0.05, 0.1) is 29.1 Å². The van der Waals surface area contributed by atoms with E-state index in [0.717, 1.165) is 6.42 Å². The fourth-order valence-corrected chi connectivity index (χ4v) is 4.07. The van der Waals surface area contributed by atoms with Gasteiger partial charge in [0.2, 0.25) is 0 Å². The summed E-state index contributed by atoms with van der Waals surface area (Å²) < 4.78 is 19.5. The smallest absolute Gasteiger partial charge is 0.307 e. The fourth-order valence-electron chi connectivity index (χ4n) is 3.65. The number of aliphatic carboxylic acids is 1. The molecule has 0 bridgehead atoms. The van der Waals surface area contributed by atoms with Gasteiger partial charge in [-0.2, -0.15) is 0 Å². The first-order chi connectivity index (χ1) is 12.9. The van der Waals surface area contributed by atoms with E-state index in [1.807, 2.05) is 11.0 Å². The molecule has 3 rings (SSSR count). The van der Waals surface area contributed by atoms with Gasteiger partial charge in [0, 0.05) is 12.1 Å². The number of methoxy groups -OCH3 is 1. The molecule has 2 aromatic carbocycles. The van der Waals surface area contributed by atoms with Crippen molar-refractivity contribution >= 4 is 29.2 Å². The molecule has 0 saturated carbocycles. The SMILES string of the molecule is COc1ccc(F)cc1[C@@H](c1cccc(Cl)c1Cl)N1CCC[C@H](C(=O)O)C1. The van der Waals surface area contributed by atoms with Crippen molar-refractivity contribution in [3.63, 3.8) is 0 Å². The predicted molar refractivity (Wildman–Crippen MR) is 103 cm³/mol. The summed E-state index contributed by atoms with van der Waals surface area (Å²) in [5.74, 6) is -1.21. The highest BCUT2D eigenvalue weighted by atomic mass is 35.5. The highest BCUT2D eigenvalue weighted by Gasteiger charge is 2.34. The van der Waals surface area contributed by atoms with E-state index in [2.05, 4.69) is 0 Å². The van der Waals surface area contributed by atoms with Crippen LogP contribution in [0.3, 0.4) is 0 Å².